The fourth-order valence-electron chi connectivity index (χ4n) is 3.97. The summed E-state index contributed by atoms with van der Waals surface area (Å²) in [6.07, 6.45) is 3.85. The molecule has 2 aromatic carbocycles. The lowest BCUT2D eigenvalue weighted by Crippen LogP contribution is -2.37. The maximum atomic E-state index is 12.1. The number of aromatic amines is 1. The van der Waals surface area contributed by atoms with E-state index in [9.17, 15) is 13.5 Å². The molecule has 0 atom stereocenters. The molecular weight excluding hydrogens is 404 g/mol. The quantitative estimate of drug-likeness (QED) is 0.447. The number of nitrogens with one attached hydrogen (secondary N) is 2. The minimum atomic E-state index is -3.97. The molecule has 1 saturated carbocycles. The van der Waals surface area contributed by atoms with E-state index in [1.807, 2.05) is 24.3 Å². The van der Waals surface area contributed by atoms with Crippen molar-refractivity contribution in [2.45, 2.75) is 42.7 Å². The van der Waals surface area contributed by atoms with Crippen LogP contribution >= 0.6 is 0 Å². The molecular formula is C20H24N6O3S. The van der Waals surface area contributed by atoms with Crippen LogP contribution in [0.15, 0.2) is 47.4 Å². The van der Waals surface area contributed by atoms with Crippen LogP contribution in [0.2, 0.25) is 0 Å². The maximum absolute atomic E-state index is 12.1. The molecule has 5 N–H and O–H groups in total. The summed E-state index contributed by atoms with van der Waals surface area (Å²) in [5, 5.41) is 32.8. The van der Waals surface area contributed by atoms with E-state index >= 15 is 0 Å². The lowest BCUT2D eigenvalue weighted by atomic mass is 9.98. The Bertz CT molecular complexity index is 1110. The summed E-state index contributed by atoms with van der Waals surface area (Å²) in [6.45, 7) is 1.21. The summed E-state index contributed by atoms with van der Waals surface area (Å²) in [4.78, 5) is -0.0471. The zero-order chi connectivity index (χ0) is 21.2. The number of nitrogens with zero attached hydrogens (tertiary/aromatic N) is 3. The molecule has 158 valence electrons. The van der Waals surface area contributed by atoms with Crippen molar-refractivity contribution < 1.29 is 13.5 Å². The minimum absolute atomic E-state index is 0.0471. The highest BCUT2D eigenvalue weighted by Gasteiger charge is 2.30. The summed E-state index contributed by atoms with van der Waals surface area (Å²) in [7, 11) is -3.97. The average molecular weight is 429 g/mol. The standard InChI is InChI=1S/C20H24N6O3S/c21-30(28,29)17-5-3-4-16(18(17)19-23-25-26-24-19)15-8-6-14(7-9-15)12-22-13-20(27)10-1-2-11-20/h3-9,22,27H,1-2,10-13H2,(H2,21,28,29)(H,23,24,25,26). The van der Waals surface area contributed by atoms with Crippen molar-refractivity contribution in [2.75, 3.05) is 6.54 Å². The molecule has 10 heteroatoms. The van der Waals surface area contributed by atoms with Crippen LogP contribution in [0.1, 0.15) is 31.2 Å². The number of rotatable bonds is 7. The fraction of sp³-hybridized carbons (Fsp3) is 0.350. The van der Waals surface area contributed by atoms with Crippen LogP contribution in [0.4, 0.5) is 0 Å². The van der Waals surface area contributed by atoms with Crippen molar-refractivity contribution in [3.8, 4) is 22.5 Å². The summed E-state index contributed by atoms with van der Waals surface area (Å²) < 4.78 is 24.2. The van der Waals surface area contributed by atoms with Gasteiger partial charge in [0.05, 0.1) is 10.5 Å². The highest BCUT2D eigenvalue weighted by molar-refractivity contribution is 7.89. The number of hydrogen-bond donors (Lipinski definition) is 4. The molecule has 0 saturated heterocycles. The van der Waals surface area contributed by atoms with Crippen LogP contribution in [-0.4, -0.2) is 46.3 Å². The highest BCUT2D eigenvalue weighted by atomic mass is 32.2. The van der Waals surface area contributed by atoms with E-state index in [0.29, 0.717) is 24.2 Å². The summed E-state index contributed by atoms with van der Waals surface area (Å²) in [5.41, 5.74) is 2.27. The van der Waals surface area contributed by atoms with Gasteiger partial charge in [0.2, 0.25) is 10.0 Å². The van der Waals surface area contributed by atoms with Crippen LogP contribution in [0.25, 0.3) is 22.5 Å². The molecule has 0 spiro atoms. The van der Waals surface area contributed by atoms with Gasteiger partial charge >= 0.3 is 0 Å². The van der Waals surface area contributed by atoms with Gasteiger partial charge in [0.15, 0.2) is 5.82 Å². The number of H-pyrrole nitrogens is 1. The number of sulfonamides is 1. The number of aromatic nitrogens is 4. The molecule has 1 aliphatic carbocycles. The van der Waals surface area contributed by atoms with Crippen LogP contribution in [-0.2, 0) is 16.6 Å². The van der Waals surface area contributed by atoms with E-state index in [2.05, 4.69) is 25.9 Å². The zero-order valence-electron chi connectivity index (χ0n) is 16.4. The van der Waals surface area contributed by atoms with Gasteiger partial charge in [-0.3, -0.25) is 0 Å². The summed E-state index contributed by atoms with van der Waals surface area (Å²) >= 11 is 0. The monoisotopic (exact) mass is 428 g/mol. The second kappa shape index (κ2) is 8.23. The number of tetrazole rings is 1. The number of nitrogens with two attached hydrogens (primary N) is 1. The number of benzene rings is 2. The van der Waals surface area contributed by atoms with Gasteiger partial charge in [-0.15, -0.1) is 5.10 Å². The van der Waals surface area contributed by atoms with Gasteiger partial charge in [-0.25, -0.2) is 18.7 Å². The van der Waals surface area contributed by atoms with Crippen LogP contribution in [0.3, 0.4) is 0 Å². The summed E-state index contributed by atoms with van der Waals surface area (Å²) in [6, 6.07) is 12.6. The number of aliphatic hydroxyl groups is 1. The first kappa shape index (κ1) is 20.6. The smallest absolute Gasteiger partial charge is 0.238 e. The number of primary sulfonamides is 1. The maximum Gasteiger partial charge on any atom is 0.238 e. The lowest BCUT2D eigenvalue weighted by Gasteiger charge is -2.22. The highest BCUT2D eigenvalue weighted by Crippen LogP contribution is 2.35. The Kier molecular flexibility index (Phi) is 5.65. The second-order valence-corrected chi connectivity index (χ2v) is 9.24. The molecule has 3 aromatic rings. The average Bonchev–Trinajstić information content (AvgIpc) is 3.40. The second-order valence-electron chi connectivity index (χ2n) is 7.71. The largest absolute Gasteiger partial charge is 0.389 e. The normalized spacial score (nSPS) is 16.1. The molecule has 0 aliphatic heterocycles. The topological polar surface area (TPSA) is 147 Å². The third-order valence-corrected chi connectivity index (χ3v) is 6.45. The van der Waals surface area contributed by atoms with Gasteiger partial charge in [-0.1, -0.05) is 49.2 Å². The molecule has 9 nitrogen and oxygen atoms in total. The Labute approximate surface area is 174 Å². The molecule has 30 heavy (non-hydrogen) atoms. The SMILES string of the molecule is NS(=O)(=O)c1cccc(-c2ccc(CNCC3(O)CCCC3)cc2)c1-c1nnn[nH]1. The van der Waals surface area contributed by atoms with Crippen molar-refractivity contribution in [1.82, 2.24) is 25.9 Å². The minimum Gasteiger partial charge on any atom is -0.389 e. The van der Waals surface area contributed by atoms with Crippen LogP contribution in [0.5, 0.6) is 0 Å². The van der Waals surface area contributed by atoms with Gasteiger partial charge in [-0.2, -0.15) is 0 Å². The van der Waals surface area contributed by atoms with Gasteiger partial charge in [0.1, 0.15) is 0 Å². The van der Waals surface area contributed by atoms with Gasteiger partial charge in [0.25, 0.3) is 0 Å². The Morgan fingerprint density at radius 2 is 1.87 bits per heavy atom. The molecule has 0 unspecified atom stereocenters. The van der Waals surface area contributed by atoms with E-state index in [1.54, 1.807) is 12.1 Å². The van der Waals surface area contributed by atoms with E-state index < -0.39 is 15.6 Å². The van der Waals surface area contributed by atoms with E-state index in [-0.39, 0.29) is 10.7 Å². The summed E-state index contributed by atoms with van der Waals surface area (Å²) in [5.74, 6) is 0.227. The molecule has 0 radical (unpaired) electrons. The Morgan fingerprint density at radius 1 is 1.13 bits per heavy atom. The van der Waals surface area contributed by atoms with Crippen molar-refractivity contribution in [1.29, 1.82) is 0 Å². The predicted octanol–water partition coefficient (Wildman–Crippen LogP) is 1.58. The first-order valence-corrected chi connectivity index (χ1v) is 11.3. The first-order chi connectivity index (χ1) is 14.4. The molecule has 1 fully saturated rings. The van der Waals surface area contributed by atoms with Gasteiger partial charge < -0.3 is 10.4 Å². The Morgan fingerprint density at radius 3 is 2.50 bits per heavy atom. The van der Waals surface area contributed by atoms with Gasteiger partial charge in [0, 0.05) is 18.7 Å². The zero-order valence-corrected chi connectivity index (χ0v) is 17.2. The molecule has 4 rings (SSSR count). The molecule has 1 heterocycles. The van der Waals surface area contributed by atoms with Gasteiger partial charge in [-0.05, 0) is 46.0 Å². The lowest BCUT2D eigenvalue weighted by molar-refractivity contribution is 0.0475. The molecule has 1 aromatic heterocycles. The van der Waals surface area contributed by atoms with Crippen molar-refractivity contribution in [3.63, 3.8) is 0 Å². The predicted molar refractivity (Wildman–Crippen MR) is 112 cm³/mol. The van der Waals surface area contributed by atoms with Crippen molar-refractivity contribution in [3.05, 3.63) is 48.0 Å². The molecule has 0 bridgehead atoms. The first-order valence-electron chi connectivity index (χ1n) is 9.78. The van der Waals surface area contributed by atoms with Crippen LogP contribution < -0.4 is 10.5 Å². The van der Waals surface area contributed by atoms with E-state index in [4.69, 9.17) is 5.14 Å². The molecule has 1 aliphatic rings. The Balaban J connectivity index is 1.58. The third kappa shape index (κ3) is 4.41. The van der Waals surface area contributed by atoms with E-state index in [0.717, 1.165) is 36.8 Å². The Hall–Kier alpha value is -2.66. The van der Waals surface area contributed by atoms with Crippen LogP contribution in [0, 0.1) is 0 Å². The molecule has 0 amide bonds. The van der Waals surface area contributed by atoms with Crippen molar-refractivity contribution in [2.24, 2.45) is 5.14 Å². The van der Waals surface area contributed by atoms with Crippen molar-refractivity contribution >= 4 is 10.0 Å². The van der Waals surface area contributed by atoms with E-state index in [1.165, 1.54) is 6.07 Å². The third-order valence-electron chi connectivity index (χ3n) is 5.50. The fourth-order valence-corrected chi connectivity index (χ4v) is 4.73. The number of hydrogen-bond acceptors (Lipinski definition) is 7.